The minimum atomic E-state index is -3.76. The summed E-state index contributed by atoms with van der Waals surface area (Å²) in [5, 5.41) is 2.50. The van der Waals surface area contributed by atoms with Crippen molar-refractivity contribution in [2.45, 2.75) is 4.90 Å². The van der Waals surface area contributed by atoms with Crippen LogP contribution in [0.25, 0.3) is 0 Å². The Balaban J connectivity index is 2.41. The van der Waals surface area contributed by atoms with Gasteiger partial charge in [0.15, 0.2) is 0 Å². The van der Waals surface area contributed by atoms with Crippen LogP contribution in [-0.4, -0.2) is 44.8 Å². The molecule has 8 nitrogen and oxygen atoms in total. The van der Waals surface area contributed by atoms with E-state index < -0.39 is 21.5 Å². The van der Waals surface area contributed by atoms with E-state index in [0.717, 1.165) is 4.31 Å². The van der Waals surface area contributed by atoms with Gasteiger partial charge in [-0.1, -0.05) is 0 Å². The topological polar surface area (TPSA) is 109 Å². The van der Waals surface area contributed by atoms with Gasteiger partial charge in [0.1, 0.15) is 16.2 Å². The normalized spacial score (nSPS) is 11.3. The smallest absolute Gasteiger partial charge is 0.261 e. The molecule has 0 aliphatic carbocycles. The highest BCUT2D eigenvalue weighted by molar-refractivity contribution is 7.89. The highest BCUT2D eigenvalue weighted by atomic mass is 32.2. The van der Waals surface area contributed by atoms with Crippen molar-refractivity contribution in [3.05, 3.63) is 52.4 Å². The summed E-state index contributed by atoms with van der Waals surface area (Å²) < 4.78 is 30.8. The van der Waals surface area contributed by atoms with Crippen LogP contribution in [0.3, 0.4) is 0 Å². The molecule has 0 spiro atoms. The number of H-pyrrole nitrogens is 1. The Morgan fingerprint density at radius 3 is 2.54 bits per heavy atom. The molecule has 0 aliphatic rings. The van der Waals surface area contributed by atoms with Gasteiger partial charge in [-0.15, -0.1) is 0 Å². The van der Waals surface area contributed by atoms with Crippen LogP contribution in [0.1, 0.15) is 10.4 Å². The number of hydrogen-bond donors (Lipinski definition) is 2. The number of methoxy groups -OCH3 is 1. The van der Waals surface area contributed by atoms with E-state index in [1.807, 2.05) is 0 Å². The zero-order valence-corrected chi connectivity index (χ0v) is 14.2. The number of rotatable bonds is 5. The molecule has 1 heterocycles. The first-order valence-electron chi connectivity index (χ1n) is 6.87. The number of carbonyl (C=O) groups excluding carboxylic acids is 1. The number of anilines is 1. The van der Waals surface area contributed by atoms with Crippen molar-refractivity contribution in [1.29, 1.82) is 0 Å². The lowest BCUT2D eigenvalue weighted by Crippen LogP contribution is -2.24. The monoisotopic (exact) mass is 351 g/mol. The Morgan fingerprint density at radius 2 is 1.96 bits per heavy atom. The van der Waals surface area contributed by atoms with Gasteiger partial charge in [-0.05, 0) is 30.3 Å². The summed E-state index contributed by atoms with van der Waals surface area (Å²) >= 11 is 0. The molecule has 1 amide bonds. The number of amides is 1. The third-order valence-electron chi connectivity index (χ3n) is 3.24. The Labute approximate surface area is 139 Å². The molecule has 2 N–H and O–H groups in total. The van der Waals surface area contributed by atoms with Crippen molar-refractivity contribution in [2.75, 3.05) is 26.5 Å². The third-order valence-corrected chi connectivity index (χ3v) is 5.08. The average molecular weight is 351 g/mol. The summed E-state index contributed by atoms with van der Waals surface area (Å²) in [5.74, 6) is -0.491. The first-order chi connectivity index (χ1) is 11.3. The molecule has 0 saturated heterocycles. The SMILES string of the molecule is COc1ccc(NC(=O)c2ccc[nH]c2=O)cc1S(=O)(=O)N(C)C. The molecule has 0 aliphatic heterocycles. The molecule has 9 heteroatoms. The second-order valence-corrected chi connectivity index (χ2v) is 7.14. The van der Waals surface area contributed by atoms with Gasteiger partial charge in [-0.25, -0.2) is 12.7 Å². The fourth-order valence-corrected chi connectivity index (χ4v) is 3.03. The summed E-state index contributed by atoms with van der Waals surface area (Å²) in [6.07, 6.45) is 1.41. The number of nitrogens with zero attached hydrogens (tertiary/aromatic N) is 1. The van der Waals surface area contributed by atoms with Crippen molar-refractivity contribution in [3.8, 4) is 5.75 Å². The lowest BCUT2D eigenvalue weighted by molar-refractivity contribution is 0.102. The summed E-state index contributed by atoms with van der Waals surface area (Å²) in [5.41, 5.74) is -0.389. The standard InChI is InChI=1S/C15H17N3O5S/c1-18(2)24(21,22)13-9-10(6-7-12(13)23-3)17-15(20)11-5-4-8-16-14(11)19/h4-9H,1-3H3,(H,16,19)(H,17,20). The highest BCUT2D eigenvalue weighted by Crippen LogP contribution is 2.28. The van der Waals surface area contributed by atoms with Gasteiger partial charge >= 0.3 is 0 Å². The summed E-state index contributed by atoms with van der Waals surface area (Å²) in [6.45, 7) is 0. The van der Waals surface area contributed by atoms with Crippen LogP contribution in [0, 0.1) is 0 Å². The largest absolute Gasteiger partial charge is 0.495 e. The van der Waals surface area contributed by atoms with Gasteiger partial charge < -0.3 is 15.0 Å². The molecule has 0 atom stereocenters. The van der Waals surface area contributed by atoms with Gasteiger partial charge in [-0.3, -0.25) is 9.59 Å². The fourth-order valence-electron chi connectivity index (χ4n) is 1.95. The van der Waals surface area contributed by atoms with Crippen LogP contribution in [0.15, 0.2) is 46.2 Å². The Hall–Kier alpha value is -2.65. The van der Waals surface area contributed by atoms with Crippen molar-refractivity contribution >= 4 is 21.6 Å². The molecule has 1 aromatic heterocycles. The van der Waals surface area contributed by atoms with Crippen molar-refractivity contribution in [2.24, 2.45) is 0 Å². The summed E-state index contributed by atoms with van der Waals surface area (Å²) in [4.78, 5) is 26.1. The lowest BCUT2D eigenvalue weighted by Gasteiger charge is -2.15. The molecule has 24 heavy (non-hydrogen) atoms. The van der Waals surface area contributed by atoms with Crippen LogP contribution in [0.4, 0.5) is 5.69 Å². The minimum absolute atomic E-state index is 0.0784. The highest BCUT2D eigenvalue weighted by Gasteiger charge is 2.23. The molecule has 0 saturated carbocycles. The van der Waals surface area contributed by atoms with Crippen LogP contribution in [0.5, 0.6) is 5.75 Å². The third kappa shape index (κ3) is 3.47. The van der Waals surface area contributed by atoms with E-state index in [9.17, 15) is 18.0 Å². The zero-order chi connectivity index (χ0) is 17.9. The maximum Gasteiger partial charge on any atom is 0.261 e. The number of benzene rings is 1. The first-order valence-corrected chi connectivity index (χ1v) is 8.31. The van der Waals surface area contributed by atoms with Crippen LogP contribution in [-0.2, 0) is 10.0 Å². The number of pyridine rings is 1. The van der Waals surface area contributed by atoms with Crippen molar-refractivity contribution in [3.63, 3.8) is 0 Å². The van der Waals surface area contributed by atoms with E-state index in [2.05, 4.69) is 10.3 Å². The molecular formula is C15H17N3O5S. The van der Waals surface area contributed by atoms with E-state index in [4.69, 9.17) is 4.74 Å². The summed E-state index contributed by atoms with van der Waals surface area (Å²) in [6, 6.07) is 7.09. The number of carbonyl (C=O) groups is 1. The number of hydrogen-bond acceptors (Lipinski definition) is 5. The molecule has 128 valence electrons. The molecule has 0 radical (unpaired) electrons. The van der Waals surface area contributed by atoms with Gasteiger partial charge in [0.05, 0.1) is 7.11 Å². The van der Waals surface area contributed by atoms with Crippen LogP contribution in [0.2, 0.25) is 0 Å². The minimum Gasteiger partial charge on any atom is -0.495 e. The van der Waals surface area contributed by atoms with Crippen molar-refractivity contribution < 1.29 is 17.9 Å². The molecule has 1 aromatic carbocycles. The van der Waals surface area contributed by atoms with Gasteiger partial charge in [0.25, 0.3) is 11.5 Å². The lowest BCUT2D eigenvalue weighted by atomic mass is 10.2. The molecule has 0 unspecified atom stereocenters. The Bertz CT molecular complexity index is 919. The predicted octanol–water partition coefficient (Wildman–Crippen LogP) is 0.886. The quantitative estimate of drug-likeness (QED) is 0.831. The van der Waals surface area contributed by atoms with E-state index in [-0.39, 0.29) is 21.9 Å². The van der Waals surface area contributed by atoms with Gasteiger partial charge in [-0.2, -0.15) is 0 Å². The van der Waals surface area contributed by atoms with Crippen LogP contribution >= 0.6 is 0 Å². The van der Waals surface area contributed by atoms with E-state index in [1.165, 1.54) is 57.7 Å². The maximum atomic E-state index is 12.4. The van der Waals surface area contributed by atoms with E-state index in [0.29, 0.717) is 0 Å². The predicted molar refractivity (Wildman–Crippen MR) is 88.9 cm³/mol. The van der Waals surface area contributed by atoms with Gasteiger partial charge in [0, 0.05) is 26.0 Å². The Morgan fingerprint density at radius 1 is 1.25 bits per heavy atom. The van der Waals surface area contributed by atoms with Crippen molar-refractivity contribution in [1.82, 2.24) is 9.29 Å². The molecule has 2 aromatic rings. The maximum absolute atomic E-state index is 12.4. The molecule has 0 bridgehead atoms. The second kappa shape index (κ2) is 6.85. The van der Waals surface area contributed by atoms with Crippen LogP contribution < -0.4 is 15.6 Å². The number of aromatic nitrogens is 1. The number of aromatic amines is 1. The van der Waals surface area contributed by atoms with E-state index in [1.54, 1.807) is 0 Å². The number of nitrogens with one attached hydrogen (secondary N) is 2. The fraction of sp³-hybridized carbons (Fsp3) is 0.200. The van der Waals surface area contributed by atoms with Gasteiger partial charge in [0.2, 0.25) is 10.0 Å². The average Bonchev–Trinajstić information content (AvgIpc) is 2.54. The number of sulfonamides is 1. The molecule has 0 fully saturated rings. The number of ether oxygens (including phenoxy) is 1. The summed E-state index contributed by atoms with van der Waals surface area (Å²) in [7, 11) is 0.376. The second-order valence-electron chi connectivity index (χ2n) is 5.02. The zero-order valence-electron chi connectivity index (χ0n) is 13.4. The molecular weight excluding hydrogens is 334 g/mol. The first kappa shape index (κ1) is 17.7. The van der Waals surface area contributed by atoms with E-state index >= 15 is 0 Å². The Kier molecular flexibility index (Phi) is 5.05. The molecule has 2 rings (SSSR count).